The van der Waals surface area contributed by atoms with Gasteiger partial charge in [-0.3, -0.25) is 14.4 Å². The summed E-state index contributed by atoms with van der Waals surface area (Å²) in [6.07, 6.45) is -0.0384. The number of rotatable bonds is 2. The molecule has 0 unspecified atom stereocenters. The van der Waals surface area contributed by atoms with Gasteiger partial charge in [-0.25, -0.2) is 14.5 Å². The maximum Gasteiger partial charge on any atom is 0.274 e. The molecule has 0 atom stereocenters. The highest BCUT2D eigenvalue weighted by atomic mass is 16.2. The standard InChI is InChI=1S/C18H14N4O3/c1-21-18(25)13-8-4-5-9-15(13)22(21)16(23)10-14-11-6-2-3-7-12(11)17(24)20-19-14/h2-9H,10H2,1H3,(H,20,24). The molecular weight excluding hydrogens is 320 g/mol. The van der Waals surface area contributed by atoms with Crippen LogP contribution in [0.25, 0.3) is 21.7 Å². The van der Waals surface area contributed by atoms with Gasteiger partial charge in [0.1, 0.15) is 0 Å². The molecule has 2 aromatic carbocycles. The molecule has 0 saturated heterocycles. The highest BCUT2D eigenvalue weighted by Gasteiger charge is 2.18. The Balaban J connectivity index is 1.85. The second kappa shape index (κ2) is 5.55. The maximum atomic E-state index is 12.9. The van der Waals surface area contributed by atoms with E-state index in [2.05, 4.69) is 10.2 Å². The van der Waals surface area contributed by atoms with Crippen molar-refractivity contribution in [2.24, 2.45) is 7.05 Å². The summed E-state index contributed by atoms with van der Waals surface area (Å²) in [6, 6.07) is 13.9. The fourth-order valence-electron chi connectivity index (χ4n) is 3.09. The fraction of sp³-hybridized carbons (Fsp3) is 0.111. The van der Waals surface area contributed by atoms with Gasteiger partial charge >= 0.3 is 0 Å². The Labute approximate surface area is 141 Å². The molecule has 0 radical (unpaired) electrons. The third-order valence-electron chi connectivity index (χ3n) is 4.29. The lowest BCUT2D eigenvalue weighted by Gasteiger charge is -2.08. The van der Waals surface area contributed by atoms with E-state index in [9.17, 15) is 14.4 Å². The molecule has 2 heterocycles. The van der Waals surface area contributed by atoms with Crippen LogP contribution < -0.4 is 11.1 Å². The molecule has 25 heavy (non-hydrogen) atoms. The molecule has 0 spiro atoms. The van der Waals surface area contributed by atoms with E-state index in [1.54, 1.807) is 55.6 Å². The summed E-state index contributed by atoms with van der Waals surface area (Å²) >= 11 is 0. The Kier molecular flexibility index (Phi) is 3.35. The number of hydrogen-bond donors (Lipinski definition) is 1. The zero-order chi connectivity index (χ0) is 17.6. The predicted octanol–water partition coefficient (Wildman–Crippen LogP) is 1.46. The topological polar surface area (TPSA) is 89.8 Å². The van der Waals surface area contributed by atoms with Crippen molar-refractivity contribution in [3.8, 4) is 0 Å². The number of para-hydroxylation sites is 1. The van der Waals surface area contributed by atoms with Crippen LogP contribution in [0.15, 0.2) is 58.1 Å². The third kappa shape index (κ3) is 2.28. The fourth-order valence-corrected chi connectivity index (χ4v) is 3.09. The average Bonchev–Trinajstić information content (AvgIpc) is 2.89. The van der Waals surface area contributed by atoms with Crippen molar-refractivity contribution in [3.63, 3.8) is 0 Å². The Morgan fingerprint density at radius 2 is 1.64 bits per heavy atom. The van der Waals surface area contributed by atoms with Crippen molar-refractivity contribution >= 4 is 27.6 Å². The molecule has 0 aliphatic carbocycles. The molecule has 0 saturated carbocycles. The normalized spacial score (nSPS) is 11.2. The lowest BCUT2D eigenvalue weighted by Crippen LogP contribution is -2.26. The zero-order valence-electron chi connectivity index (χ0n) is 13.4. The van der Waals surface area contributed by atoms with Gasteiger partial charge in [-0.15, -0.1) is 0 Å². The van der Waals surface area contributed by atoms with Crippen LogP contribution in [0, 0.1) is 0 Å². The Bertz CT molecular complexity index is 1250. The van der Waals surface area contributed by atoms with E-state index >= 15 is 0 Å². The Morgan fingerprint density at radius 1 is 1.00 bits per heavy atom. The van der Waals surface area contributed by atoms with Crippen molar-refractivity contribution in [1.82, 2.24) is 19.6 Å². The molecule has 0 aliphatic rings. The number of carbonyl (C=O) groups excluding carboxylic acids is 1. The van der Waals surface area contributed by atoms with Crippen LogP contribution in [-0.4, -0.2) is 25.5 Å². The zero-order valence-corrected chi connectivity index (χ0v) is 13.4. The Morgan fingerprint density at radius 3 is 2.40 bits per heavy atom. The molecule has 0 bridgehead atoms. The first-order valence-electron chi connectivity index (χ1n) is 7.74. The van der Waals surface area contributed by atoms with Gasteiger partial charge in [0.05, 0.1) is 28.4 Å². The summed E-state index contributed by atoms with van der Waals surface area (Å²) in [5, 5.41) is 8.04. The first-order valence-corrected chi connectivity index (χ1v) is 7.74. The van der Waals surface area contributed by atoms with Gasteiger partial charge in [0.25, 0.3) is 17.0 Å². The van der Waals surface area contributed by atoms with Gasteiger partial charge in [0, 0.05) is 12.4 Å². The molecule has 0 amide bonds. The van der Waals surface area contributed by atoms with Crippen molar-refractivity contribution in [2.45, 2.75) is 6.42 Å². The van der Waals surface area contributed by atoms with E-state index < -0.39 is 0 Å². The van der Waals surface area contributed by atoms with Crippen LogP contribution in [0.1, 0.15) is 10.5 Å². The second-order valence-electron chi connectivity index (χ2n) is 5.77. The van der Waals surface area contributed by atoms with Crippen molar-refractivity contribution in [2.75, 3.05) is 0 Å². The van der Waals surface area contributed by atoms with Gasteiger partial charge in [-0.2, -0.15) is 5.10 Å². The summed E-state index contributed by atoms with van der Waals surface area (Å²) in [6.45, 7) is 0. The minimum atomic E-state index is -0.300. The number of carbonyl (C=O) groups is 1. The van der Waals surface area contributed by atoms with Gasteiger partial charge in [0.2, 0.25) is 0 Å². The average molecular weight is 334 g/mol. The number of aromatic nitrogens is 4. The smallest absolute Gasteiger partial charge is 0.272 e. The maximum absolute atomic E-state index is 12.9. The summed E-state index contributed by atoms with van der Waals surface area (Å²) in [5.74, 6) is -0.300. The molecule has 4 rings (SSSR count). The minimum absolute atomic E-state index is 0.0384. The number of nitrogens with one attached hydrogen (secondary N) is 1. The SMILES string of the molecule is Cn1c(=O)c2ccccc2n1C(=O)Cc1n[nH]c(=O)c2ccccc12. The third-order valence-corrected chi connectivity index (χ3v) is 4.29. The predicted molar refractivity (Wildman–Crippen MR) is 93.9 cm³/mol. The first-order chi connectivity index (χ1) is 12.1. The quantitative estimate of drug-likeness (QED) is 0.601. The summed E-state index contributed by atoms with van der Waals surface area (Å²) in [4.78, 5) is 37.0. The van der Waals surface area contributed by atoms with Gasteiger partial charge in [-0.05, 0) is 18.2 Å². The number of hydrogen-bond acceptors (Lipinski definition) is 4. The minimum Gasteiger partial charge on any atom is -0.272 e. The summed E-state index contributed by atoms with van der Waals surface area (Å²) in [7, 11) is 1.55. The highest BCUT2D eigenvalue weighted by Crippen LogP contribution is 2.15. The number of aromatic amines is 1. The number of benzene rings is 2. The van der Waals surface area contributed by atoms with Crippen LogP contribution in [0.2, 0.25) is 0 Å². The molecule has 2 aromatic heterocycles. The molecule has 7 heteroatoms. The summed E-state index contributed by atoms with van der Waals surface area (Å²) < 4.78 is 2.64. The van der Waals surface area contributed by atoms with Crippen molar-refractivity contribution < 1.29 is 4.79 Å². The molecular formula is C18H14N4O3. The number of fused-ring (bicyclic) bond motifs is 2. The largest absolute Gasteiger partial charge is 0.274 e. The van der Waals surface area contributed by atoms with E-state index in [1.165, 1.54) is 9.36 Å². The molecule has 124 valence electrons. The molecule has 4 aromatic rings. The van der Waals surface area contributed by atoms with Crippen LogP contribution in [0.5, 0.6) is 0 Å². The van der Waals surface area contributed by atoms with Crippen molar-refractivity contribution in [3.05, 3.63) is 74.9 Å². The Hall–Kier alpha value is -3.48. The molecule has 0 aliphatic heterocycles. The lowest BCUT2D eigenvalue weighted by atomic mass is 10.1. The van der Waals surface area contributed by atoms with Crippen LogP contribution in [0.4, 0.5) is 0 Å². The van der Waals surface area contributed by atoms with E-state index in [4.69, 9.17) is 0 Å². The first kappa shape index (κ1) is 15.1. The second-order valence-corrected chi connectivity index (χ2v) is 5.77. The van der Waals surface area contributed by atoms with Gasteiger partial charge < -0.3 is 0 Å². The molecule has 7 nitrogen and oxygen atoms in total. The summed E-state index contributed by atoms with van der Waals surface area (Å²) in [5.41, 5.74) is 0.480. The van der Waals surface area contributed by atoms with E-state index in [0.29, 0.717) is 27.4 Å². The van der Waals surface area contributed by atoms with Crippen LogP contribution in [-0.2, 0) is 13.5 Å². The number of nitrogens with zero attached hydrogens (tertiary/aromatic N) is 3. The molecule has 1 N–H and O–H groups in total. The lowest BCUT2D eigenvalue weighted by molar-refractivity contribution is 0.0888. The van der Waals surface area contributed by atoms with Crippen LogP contribution >= 0.6 is 0 Å². The van der Waals surface area contributed by atoms with E-state index in [-0.39, 0.29) is 23.4 Å². The number of H-pyrrole nitrogens is 1. The van der Waals surface area contributed by atoms with Gasteiger partial charge in [0.15, 0.2) is 0 Å². The van der Waals surface area contributed by atoms with Gasteiger partial charge in [-0.1, -0.05) is 30.3 Å². The van der Waals surface area contributed by atoms with E-state index in [0.717, 1.165) is 0 Å². The van der Waals surface area contributed by atoms with Crippen molar-refractivity contribution in [1.29, 1.82) is 0 Å². The van der Waals surface area contributed by atoms with Crippen LogP contribution in [0.3, 0.4) is 0 Å². The highest BCUT2D eigenvalue weighted by molar-refractivity contribution is 5.94. The van der Waals surface area contributed by atoms with E-state index in [1.807, 2.05) is 0 Å². The molecule has 0 fully saturated rings. The monoisotopic (exact) mass is 334 g/mol.